The molecule has 0 radical (unpaired) electrons. The molecule has 0 spiro atoms. The topological polar surface area (TPSA) is 22.3 Å². The summed E-state index contributed by atoms with van der Waals surface area (Å²) >= 11 is 0. The minimum Gasteiger partial charge on any atom is -0.493 e. The molecule has 3 nitrogen and oxygen atoms in total. The average molecular weight is 230 g/mol. The molecule has 0 N–H and O–H groups in total. The van der Waals surface area contributed by atoms with Gasteiger partial charge in [0.05, 0.1) is 19.6 Å². The molecule has 2 aromatic rings. The summed E-state index contributed by atoms with van der Waals surface area (Å²) < 4.78 is 13.0. The van der Waals surface area contributed by atoms with E-state index in [0.717, 1.165) is 24.5 Å². The average Bonchev–Trinajstić information content (AvgIpc) is 2.85. The molecule has 1 aliphatic heterocycles. The summed E-state index contributed by atoms with van der Waals surface area (Å²) in [6.45, 7) is 1.12. The van der Waals surface area contributed by atoms with E-state index in [9.17, 15) is 0 Å². The van der Waals surface area contributed by atoms with Gasteiger partial charge in [-0.25, -0.2) is 4.57 Å². The minimum atomic E-state index is 0.794. The maximum atomic E-state index is 5.37. The Bertz CT molecular complexity index is 578. The third-order valence-corrected chi connectivity index (χ3v) is 3.46. The van der Waals surface area contributed by atoms with Gasteiger partial charge in [0.2, 0.25) is 0 Å². The molecule has 0 fully saturated rings. The van der Waals surface area contributed by atoms with Crippen LogP contribution in [0.2, 0.25) is 0 Å². The van der Waals surface area contributed by atoms with Crippen LogP contribution in [0.5, 0.6) is 11.5 Å². The lowest BCUT2D eigenvalue weighted by Crippen LogP contribution is -2.32. The summed E-state index contributed by atoms with van der Waals surface area (Å²) in [5.74, 6) is 1.60. The highest BCUT2D eigenvalue weighted by molar-refractivity contribution is 5.87. The summed E-state index contributed by atoms with van der Waals surface area (Å²) in [5.41, 5.74) is 1.41. The van der Waals surface area contributed by atoms with Crippen LogP contribution in [0.15, 0.2) is 24.4 Å². The Morgan fingerprint density at radius 2 is 1.88 bits per heavy atom. The van der Waals surface area contributed by atoms with Crippen LogP contribution in [0, 0.1) is 0 Å². The van der Waals surface area contributed by atoms with E-state index in [1.165, 1.54) is 22.9 Å². The van der Waals surface area contributed by atoms with Crippen LogP contribution in [0.1, 0.15) is 12.1 Å². The first-order valence-electron chi connectivity index (χ1n) is 5.90. The van der Waals surface area contributed by atoms with Gasteiger partial charge in [0.15, 0.2) is 23.4 Å². The molecule has 0 unspecified atom stereocenters. The fourth-order valence-electron chi connectivity index (χ4n) is 2.60. The number of benzene rings is 1. The molecule has 0 aliphatic carbocycles. The van der Waals surface area contributed by atoms with Gasteiger partial charge in [-0.1, -0.05) is 0 Å². The van der Waals surface area contributed by atoms with Crippen molar-refractivity contribution in [2.24, 2.45) is 0 Å². The van der Waals surface area contributed by atoms with Gasteiger partial charge in [-0.15, -0.1) is 0 Å². The molecular formula is C14H16NO2+. The minimum absolute atomic E-state index is 0.794. The zero-order valence-corrected chi connectivity index (χ0v) is 10.2. The second kappa shape index (κ2) is 3.91. The van der Waals surface area contributed by atoms with Gasteiger partial charge in [0.1, 0.15) is 6.54 Å². The van der Waals surface area contributed by atoms with Crippen LogP contribution in [-0.4, -0.2) is 14.2 Å². The summed E-state index contributed by atoms with van der Waals surface area (Å²) in [6.07, 6.45) is 4.54. The maximum Gasteiger partial charge on any atom is 0.189 e. The highest BCUT2D eigenvalue weighted by Gasteiger charge is 2.22. The summed E-state index contributed by atoms with van der Waals surface area (Å²) in [6, 6.07) is 6.28. The van der Waals surface area contributed by atoms with Crippen molar-refractivity contribution < 1.29 is 14.0 Å². The third-order valence-electron chi connectivity index (χ3n) is 3.46. The first-order valence-corrected chi connectivity index (χ1v) is 5.90. The Morgan fingerprint density at radius 1 is 1.12 bits per heavy atom. The highest BCUT2D eigenvalue weighted by Crippen LogP contribution is 2.33. The quantitative estimate of drug-likeness (QED) is 0.737. The second-order valence-electron chi connectivity index (χ2n) is 4.35. The molecule has 0 atom stereocenters. The van der Waals surface area contributed by atoms with Crippen molar-refractivity contribution in [3.63, 3.8) is 0 Å². The van der Waals surface area contributed by atoms with Gasteiger partial charge in [0, 0.05) is 18.9 Å². The maximum absolute atomic E-state index is 5.37. The second-order valence-corrected chi connectivity index (χ2v) is 4.35. The van der Waals surface area contributed by atoms with Gasteiger partial charge < -0.3 is 9.47 Å². The summed E-state index contributed by atoms with van der Waals surface area (Å²) in [7, 11) is 3.35. The molecular weight excluding hydrogens is 214 g/mol. The van der Waals surface area contributed by atoms with Crippen LogP contribution >= 0.6 is 0 Å². The normalized spacial score (nSPS) is 13.8. The van der Waals surface area contributed by atoms with E-state index in [1.54, 1.807) is 14.2 Å². The fourth-order valence-corrected chi connectivity index (χ4v) is 2.60. The SMILES string of the molecule is COc1cc2cc[n+]3c(c2cc1OC)CCC3. The molecule has 2 heterocycles. The fraction of sp³-hybridized carbons (Fsp3) is 0.357. The number of ether oxygens (including phenoxy) is 2. The predicted molar refractivity (Wildman–Crippen MR) is 65.6 cm³/mol. The van der Waals surface area contributed by atoms with E-state index in [0.29, 0.717) is 0 Å². The number of rotatable bonds is 2. The Hall–Kier alpha value is -1.77. The van der Waals surface area contributed by atoms with E-state index < -0.39 is 0 Å². The van der Waals surface area contributed by atoms with Gasteiger partial charge in [-0.2, -0.15) is 0 Å². The predicted octanol–water partition coefficient (Wildman–Crippen LogP) is 2.09. The Morgan fingerprint density at radius 3 is 2.65 bits per heavy atom. The Labute approximate surface area is 101 Å². The van der Waals surface area contributed by atoms with Gasteiger partial charge in [-0.3, -0.25) is 0 Å². The largest absolute Gasteiger partial charge is 0.493 e. The standard InChI is InChI=1S/C14H16NO2/c1-16-13-8-10-5-7-15-6-3-4-12(15)11(10)9-14(13)17-2/h5,7-9H,3-4,6H2,1-2H3/q+1. The van der Waals surface area contributed by atoms with Crippen molar-refractivity contribution in [3.8, 4) is 11.5 Å². The molecule has 3 heteroatoms. The number of aromatic nitrogens is 1. The zero-order valence-electron chi connectivity index (χ0n) is 10.2. The smallest absolute Gasteiger partial charge is 0.189 e. The first-order chi connectivity index (χ1) is 8.33. The van der Waals surface area contributed by atoms with Crippen molar-refractivity contribution >= 4 is 10.8 Å². The van der Waals surface area contributed by atoms with Crippen LogP contribution in [-0.2, 0) is 13.0 Å². The number of aryl methyl sites for hydroxylation is 2. The molecule has 3 rings (SSSR count). The van der Waals surface area contributed by atoms with Crippen LogP contribution in [0.4, 0.5) is 0 Å². The summed E-state index contributed by atoms with van der Waals surface area (Å²) in [5, 5.41) is 2.50. The molecule has 17 heavy (non-hydrogen) atoms. The Balaban J connectivity index is 2.30. The van der Waals surface area contributed by atoms with E-state index >= 15 is 0 Å². The van der Waals surface area contributed by atoms with E-state index in [2.05, 4.69) is 22.9 Å². The lowest BCUT2D eigenvalue weighted by Gasteiger charge is -2.09. The van der Waals surface area contributed by atoms with Crippen molar-refractivity contribution in [2.75, 3.05) is 14.2 Å². The van der Waals surface area contributed by atoms with Crippen molar-refractivity contribution in [1.29, 1.82) is 0 Å². The van der Waals surface area contributed by atoms with Crippen molar-refractivity contribution in [2.45, 2.75) is 19.4 Å². The van der Waals surface area contributed by atoms with E-state index in [1.807, 2.05) is 6.07 Å². The Kier molecular flexibility index (Phi) is 2.39. The molecule has 1 aromatic heterocycles. The molecule has 0 saturated carbocycles. The molecule has 0 saturated heterocycles. The molecule has 0 amide bonds. The molecule has 0 bridgehead atoms. The first kappa shape index (κ1) is 10.4. The molecule has 1 aromatic carbocycles. The monoisotopic (exact) mass is 230 g/mol. The number of hydrogen-bond acceptors (Lipinski definition) is 2. The summed E-state index contributed by atoms with van der Waals surface area (Å²) in [4.78, 5) is 0. The van der Waals surface area contributed by atoms with Gasteiger partial charge >= 0.3 is 0 Å². The number of hydrogen-bond donors (Lipinski definition) is 0. The number of pyridine rings is 1. The molecule has 1 aliphatic rings. The van der Waals surface area contributed by atoms with Crippen LogP contribution in [0.3, 0.4) is 0 Å². The van der Waals surface area contributed by atoms with Crippen LogP contribution in [0.25, 0.3) is 10.8 Å². The highest BCUT2D eigenvalue weighted by atomic mass is 16.5. The number of methoxy groups -OCH3 is 2. The lowest BCUT2D eigenvalue weighted by atomic mass is 10.1. The van der Waals surface area contributed by atoms with E-state index in [4.69, 9.17) is 9.47 Å². The number of nitrogens with zero attached hydrogens (tertiary/aromatic N) is 1. The third kappa shape index (κ3) is 1.54. The lowest BCUT2D eigenvalue weighted by molar-refractivity contribution is -0.689. The van der Waals surface area contributed by atoms with Gasteiger partial charge in [-0.05, 0) is 17.5 Å². The van der Waals surface area contributed by atoms with Crippen molar-refractivity contribution in [1.82, 2.24) is 0 Å². The van der Waals surface area contributed by atoms with Crippen LogP contribution < -0.4 is 14.0 Å². The number of fused-ring (bicyclic) bond motifs is 3. The van der Waals surface area contributed by atoms with Gasteiger partial charge in [0.25, 0.3) is 0 Å². The molecule has 88 valence electrons. The van der Waals surface area contributed by atoms with Crippen molar-refractivity contribution in [3.05, 3.63) is 30.1 Å². The zero-order chi connectivity index (χ0) is 11.8. The van der Waals surface area contributed by atoms with E-state index in [-0.39, 0.29) is 0 Å².